The number of methoxy groups -OCH3 is 1. The summed E-state index contributed by atoms with van der Waals surface area (Å²) in [6.45, 7) is 11.6. The van der Waals surface area contributed by atoms with Gasteiger partial charge in [0, 0.05) is 39.7 Å². The van der Waals surface area contributed by atoms with E-state index in [1.54, 1.807) is 71.0 Å². The van der Waals surface area contributed by atoms with Gasteiger partial charge in [-0.2, -0.15) is 0 Å². The quantitative estimate of drug-likeness (QED) is 0.147. The lowest BCUT2D eigenvalue weighted by molar-refractivity contribution is -0.344. The van der Waals surface area contributed by atoms with E-state index in [0.717, 1.165) is 0 Å². The number of carbonyl (C=O) groups is 4. The fraction of sp³-hybridized carbons (Fsp3) is 0.805. The zero-order valence-electron chi connectivity index (χ0n) is 35.2. The van der Waals surface area contributed by atoms with Crippen molar-refractivity contribution in [3.05, 3.63) is 24.3 Å². The van der Waals surface area contributed by atoms with Gasteiger partial charge in [-0.3, -0.25) is 14.4 Å². The van der Waals surface area contributed by atoms with Crippen LogP contribution in [-0.2, 0) is 57.1 Å². The molecule has 0 aliphatic carbocycles. The highest BCUT2D eigenvalue weighted by Gasteiger charge is 2.53. The Morgan fingerprint density at radius 1 is 1.02 bits per heavy atom. The summed E-state index contributed by atoms with van der Waals surface area (Å²) in [5.74, 6) is -2.88. The summed E-state index contributed by atoms with van der Waals surface area (Å²) in [5, 5.41) is 34.5. The van der Waals surface area contributed by atoms with Crippen LogP contribution in [0.3, 0.4) is 0 Å². The number of rotatable bonds is 12. The summed E-state index contributed by atoms with van der Waals surface area (Å²) in [4.78, 5) is 52.0. The molecule has 2 saturated heterocycles. The van der Waals surface area contributed by atoms with Crippen LogP contribution < -0.4 is 0 Å². The number of esters is 3. The van der Waals surface area contributed by atoms with E-state index in [0.29, 0.717) is 19.1 Å². The highest BCUT2D eigenvalue weighted by molar-refractivity contribution is 5.72. The summed E-state index contributed by atoms with van der Waals surface area (Å²) in [7, 11) is 4.85. The van der Waals surface area contributed by atoms with Gasteiger partial charge < -0.3 is 62.9 Å². The first-order valence-corrected chi connectivity index (χ1v) is 20.1. The van der Waals surface area contributed by atoms with Crippen molar-refractivity contribution in [2.45, 2.75) is 179 Å². The van der Waals surface area contributed by atoms with E-state index in [-0.39, 0.29) is 25.7 Å². The van der Waals surface area contributed by atoms with E-state index in [1.807, 2.05) is 13.8 Å². The summed E-state index contributed by atoms with van der Waals surface area (Å²) < 4.78 is 48.4. The standard InChI is InChI=1S/C41H67NO15/c1-11-15-31(46)55-39-26(5)52-33(22-41(39,7)49)56-36-25(4)53-40(35(48)34(36)42(8)9)57-37-28(18-19-43)20-23(2)29(45)17-14-12-13-16-24(3)51-32(47)21-30(38(37)50-10)54-27(6)44/h12-14,17,19,23-26,28-30,33-40,45,48-49H,11,15-16,18,20-22H2,1-10H3/t23-,24-,25-,26+,28?,29+,30?,33+,34-,35-,36-,37+,38+,39+,40+,41-/m1/s1. The van der Waals surface area contributed by atoms with Crippen LogP contribution in [0.1, 0.15) is 93.4 Å². The van der Waals surface area contributed by atoms with Crippen LogP contribution in [0.25, 0.3) is 0 Å². The fourth-order valence-corrected chi connectivity index (χ4v) is 7.96. The van der Waals surface area contributed by atoms with Crippen LogP contribution in [0, 0.1) is 11.8 Å². The second kappa shape index (κ2) is 22.5. The van der Waals surface area contributed by atoms with Crippen molar-refractivity contribution >= 4 is 24.2 Å². The highest BCUT2D eigenvalue weighted by Crippen LogP contribution is 2.37. The van der Waals surface area contributed by atoms with Gasteiger partial charge in [-0.15, -0.1) is 0 Å². The molecule has 0 aromatic heterocycles. The van der Waals surface area contributed by atoms with Gasteiger partial charge in [-0.05, 0) is 66.5 Å². The van der Waals surface area contributed by atoms with Crippen molar-refractivity contribution in [3.63, 3.8) is 0 Å². The monoisotopic (exact) mass is 813 g/mol. The molecule has 3 N–H and O–H groups in total. The van der Waals surface area contributed by atoms with E-state index >= 15 is 0 Å². The van der Waals surface area contributed by atoms with Crippen LogP contribution in [0.5, 0.6) is 0 Å². The maximum atomic E-state index is 13.2. The Morgan fingerprint density at radius 3 is 2.32 bits per heavy atom. The maximum absolute atomic E-state index is 13.2. The first kappa shape index (κ1) is 48.6. The molecule has 326 valence electrons. The van der Waals surface area contributed by atoms with Gasteiger partial charge in [0.2, 0.25) is 0 Å². The number of aldehydes is 1. The lowest BCUT2D eigenvalue weighted by Gasteiger charge is -2.50. The third-order valence-corrected chi connectivity index (χ3v) is 10.8. The second-order valence-corrected chi connectivity index (χ2v) is 16.1. The Balaban J connectivity index is 1.99. The van der Waals surface area contributed by atoms with Crippen molar-refractivity contribution in [3.8, 4) is 0 Å². The lowest BCUT2D eigenvalue weighted by Crippen LogP contribution is -2.66. The molecule has 16 heteroatoms. The molecule has 0 saturated carbocycles. The zero-order chi connectivity index (χ0) is 42.6. The number of aliphatic hydroxyl groups excluding tert-OH is 2. The maximum Gasteiger partial charge on any atom is 0.309 e. The van der Waals surface area contributed by atoms with Crippen LogP contribution in [0.2, 0.25) is 0 Å². The molecule has 16 nitrogen and oxygen atoms in total. The van der Waals surface area contributed by atoms with E-state index in [1.165, 1.54) is 14.0 Å². The van der Waals surface area contributed by atoms with Crippen LogP contribution in [0.4, 0.5) is 0 Å². The normalized spacial score (nSPS) is 40.0. The molecule has 2 unspecified atom stereocenters. The van der Waals surface area contributed by atoms with Gasteiger partial charge in [0.25, 0.3) is 0 Å². The number of nitrogens with zero attached hydrogens (tertiary/aromatic N) is 1. The molecule has 0 spiro atoms. The van der Waals surface area contributed by atoms with Crippen LogP contribution in [-0.4, -0.2) is 151 Å². The predicted molar refractivity (Wildman–Crippen MR) is 205 cm³/mol. The first-order chi connectivity index (χ1) is 26.8. The molecule has 3 aliphatic heterocycles. The highest BCUT2D eigenvalue weighted by atomic mass is 16.7. The molecule has 3 heterocycles. The van der Waals surface area contributed by atoms with E-state index in [9.17, 15) is 34.5 Å². The van der Waals surface area contributed by atoms with Crippen LogP contribution in [0.15, 0.2) is 24.3 Å². The third kappa shape index (κ3) is 13.9. The molecular formula is C41H67NO15. The molecule has 0 radical (unpaired) electrons. The number of hydrogen-bond donors (Lipinski definition) is 3. The van der Waals surface area contributed by atoms with Gasteiger partial charge in [-0.1, -0.05) is 38.2 Å². The first-order valence-electron chi connectivity index (χ1n) is 20.1. The topological polar surface area (TPSA) is 206 Å². The summed E-state index contributed by atoms with van der Waals surface area (Å²) in [6.07, 6.45) is -3.45. The average Bonchev–Trinajstić information content (AvgIpc) is 3.10. The van der Waals surface area contributed by atoms with Crippen molar-refractivity contribution < 1.29 is 72.4 Å². The molecule has 16 atom stereocenters. The second-order valence-electron chi connectivity index (χ2n) is 16.1. The SMILES string of the molecule is CCCC(=O)O[C@H]1[C@H](C)O[C@@H](O[C@H]2[C@H](N(C)C)[C@@H](O)[C@H](O[C@H]3C(CC=O)C[C@@H](C)[C@@H](O)C=CC=CC[C@@H](C)OC(=O)CC(OC(C)=O)[C@@H]3OC)O[C@@H]2C)C[C@@]1(C)O. The van der Waals surface area contributed by atoms with Crippen molar-refractivity contribution in [1.29, 1.82) is 0 Å². The van der Waals surface area contributed by atoms with E-state index < -0.39 is 121 Å². The van der Waals surface area contributed by atoms with Gasteiger partial charge >= 0.3 is 17.9 Å². The molecule has 0 bridgehead atoms. The Hall–Kier alpha value is -2.80. The number of cyclic esters (lactones) is 1. The fourth-order valence-electron chi connectivity index (χ4n) is 7.96. The molecule has 3 rings (SSSR count). The number of hydrogen-bond acceptors (Lipinski definition) is 16. The molecular weight excluding hydrogens is 746 g/mol. The van der Waals surface area contributed by atoms with Crippen LogP contribution >= 0.6 is 0 Å². The Morgan fingerprint density at radius 2 is 1.72 bits per heavy atom. The Kier molecular flexibility index (Phi) is 19.2. The molecule has 3 aliphatic rings. The summed E-state index contributed by atoms with van der Waals surface area (Å²) in [6, 6.07) is -0.779. The number of ether oxygens (including phenoxy) is 8. The zero-order valence-corrected chi connectivity index (χ0v) is 35.2. The minimum absolute atomic E-state index is 0.0416. The average molecular weight is 814 g/mol. The smallest absolute Gasteiger partial charge is 0.309 e. The molecule has 0 amide bonds. The minimum atomic E-state index is -1.49. The van der Waals surface area contributed by atoms with Gasteiger partial charge in [-0.25, -0.2) is 0 Å². The number of allylic oxidation sites excluding steroid dienone is 2. The van der Waals surface area contributed by atoms with Crippen molar-refractivity contribution in [2.75, 3.05) is 21.2 Å². The largest absolute Gasteiger partial charge is 0.462 e. The summed E-state index contributed by atoms with van der Waals surface area (Å²) in [5.41, 5.74) is -1.49. The molecule has 0 aromatic rings. The number of aliphatic hydroxyl groups is 3. The van der Waals surface area contributed by atoms with Crippen molar-refractivity contribution in [2.24, 2.45) is 11.8 Å². The van der Waals surface area contributed by atoms with Gasteiger partial charge in [0.05, 0.1) is 36.9 Å². The predicted octanol–water partition coefficient (Wildman–Crippen LogP) is 2.77. The van der Waals surface area contributed by atoms with E-state index in [4.69, 9.17) is 37.9 Å². The molecule has 2 fully saturated rings. The van der Waals surface area contributed by atoms with Gasteiger partial charge in [0.15, 0.2) is 18.7 Å². The van der Waals surface area contributed by atoms with Crippen molar-refractivity contribution in [1.82, 2.24) is 4.90 Å². The van der Waals surface area contributed by atoms with E-state index in [2.05, 4.69) is 0 Å². The van der Waals surface area contributed by atoms with Gasteiger partial charge in [0.1, 0.15) is 42.4 Å². The Labute approximate surface area is 337 Å². The minimum Gasteiger partial charge on any atom is -0.462 e. The third-order valence-electron chi connectivity index (χ3n) is 10.8. The lowest BCUT2D eigenvalue weighted by atomic mass is 9.82. The number of likely N-dealkylation sites (N-methyl/N-ethyl adjacent to an activating group) is 1. The Bertz CT molecular complexity index is 1350. The molecule has 0 aromatic carbocycles. The molecule has 57 heavy (non-hydrogen) atoms. The number of carbonyl (C=O) groups excluding carboxylic acids is 4. The summed E-state index contributed by atoms with van der Waals surface area (Å²) >= 11 is 0.